The highest BCUT2D eigenvalue weighted by molar-refractivity contribution is 4.87. The van der Waals surface area contributed by atoms with E-state index in [1.165, 1.54) is 0 Å². The molecule has 5 heteroatoms. The number of aliphatic hydroxyl groups is 1. The first kappa shape index (κ1) is 9.80. The molecule has 0 aromatic rings. The first-order valence-electron chi connectivity index (χ1n) is 3.97. The van der Waals surface area contributed by atoms with Gasteiger partial charge >= 0.3 is 6.18 Å². The van der Waals surface area contributed by atoms with Crippen molar-refractivity contribution in [1.29, 1.82) is 0 Å². The number of hydrogen-bond donors (Lipinski definition) is 2. The van der Waals surface area contributed by atoms with E-state index in [2.05, 4.69) is 5.32 Å². The lowest BCUT2D eigenvalue weighted by molar-refractivity contribution is -0.159. The molecular formula is C7H12F3NO. The van der Waals surface area contributed by atoms with Crippen LogP contribution < -0.4 is 5.32 Å². The van der Waals surface area contributed by atoms with Gasteiger partial charge in [0.15, 0.2) is 0 Å². The molecule has 0 bridgehead atoms. The summed E-state index contributed by atoms with van der Waals surface area (Å²) in [5.41, 5.74) is 0. The molecule has 0 radical (unpaired) electrons. The topological polar surface area (TPSA) is 32.3 Å². The van der Waals surface area contributed by atoms with Crippen LogP contribution in [-0.4, -0.2) is 30.0 Å². The third-order valence-corrected chi connectivity index (χ3v) is 1.83. The Morgan fingerprint density at radius 3 is 2.33 bits per heavy atom. The van der Waals surface area contributed by atoms with Crippen molar-refractivity contribution in [3.8, 4) is 0 Å². The number of nitrogens with one attached hydrogen (secondary N) is 1. The molecule has 72 valence electrons. The van der Waals surface area contributed by atoms with E-state index in [4.69, 9.17) is 5.11 Å². The molecule has 0 saturated heterocycles. The lowest BCUT2D eigenvalue weighted by Gasteiger charge is -2.20. The van der Waals surface area contributed by atoms with E-state index in [1.54, 1.807) is 0 Å². The van der Waals surface area contributed by atoms with Crippen molar-refractivity contribution >= 4 is 0 Å². The normalized spacial score (nSPS) is 21.0. The van der Waals surface area contributed by atoms with Crippen molar-refractivity contribution in [1.82, 2.24) is 5.32 Å². The molecule has 2 N–H and O–H groups in total. The average Bonchev–Trinajstić information content (AvgIpc) is 2.68. The van der Waals surface area contributed by atoms with Crippen LogP contribution in [0.2, 0.25) is 0 Å². The minimum absolute atomic E-state index is 0.0168. The summed E-state index contributed by atoms with van der Waals surface area (Å²) in [7, 11) is 0. The van der Waals surface area contributed by atoms with Crippen molar-refractivity contribution in [3.05, 3.63) is 0 Å². The predicted octanol–water partition coefficient (Wildman–Crippen LogP) is 1.05. The molecule has 2 nitrogen and oxygen atoms in total. The fraction of sp³-hybridized carbons (Fsp3) is 1.00. The third-order valence-electron chi connectivity index (χ3n) is 1.83. The molecule has 0 heterocycles. The van der Waals surface area contributed by atoms with Gasteiger partial charge in [-0.1, -0.05) is 0 Å². The molecule has 1 rings (SSSR count). The van der Waals surface area contributed by atoms with Crippen LogP contribution in [0.4, 0.5) is 13.2 Å². The highest BCUT2D eigenvalue weighted by Crippen LogP contribution is 2.27. The largest absolute Gasteiger partial charge is 0.403 e. The van der Waals surface area contributed by atoms with Crippen molar-refractivity contribution in [2.45, 2.75) is 37.5 Å². The lowest BCUT2D eigenvalue weighted by Crippen LogP contribution is -2.43. The van der Waals surface area contributed by atoms with Crippen molar-refractivity contribution in [2.24, 2.45) is 0 Å². The molecule has 1 atom stereocenters. The quantitative estimate of drug-likeness (QED) is 0.682. The zero-order valence-corrected chi connectivity index (χ0v) is 6.56. The molecule has 12 heavy (non-hydrogen) atoms. The second kappa shape index (κ2) is 3.62. The number of aliphatic hydroxyl groups excluding tert-OH is 1. The Bertz CT molecular complexity index is 144. The van der Waals surface area contributed by atoms with Crippen LogP contribution in [0.1, 0.15) is 19.3 Å². The summed E-state index contributed by atoms with van der Waals surface area (Å²) in [6.45, 7) is -0.427. The Kier molecular flexibility index (Phi) is 2.95. The van der Waals surface area contributed by atoms with Crippen LogP contribution in [0, 0.1) is 0 Å². The van der Waals surface area contributed by atoms with Crippen molar-refractivity contribution in [3.63, 3.8) is 0 Å². The zero-order chi connectivity index (χ0) is 9.19. The molecule has 1 aliphatic rings. The second-order valence-electron chi connectivity index (χ2n) is 3.05. The summed E-state index contributed by atoms with van der Waals surface area (Å²) < 4.78 is 36.4. The van der Waals surface area contributed by atoms with E-state index in [9.17, 15) is 13.2 Å². The minimum Gasteiger partial charge on any atom is -0.396 e. The Labute approximate surface area is 68.8 Å². The smallest absolute Gasteiger partial charge is 0.396 e. The van der Waals surface area contributed by atoms with E-state index < -0.39 is 18.8 Å². The third kappa shape index (κ3) is 2.98. The summed E-state index contributed by atoms with van der Waals surface area (Å²) in [6.07, 6.45) is -2.85. The average molecular weight is 183 g/mol. The summed E-state index contributed by atoms with van der Waals surface area (Å²) in [5, 5.41) is 10.8. The molecular weight excluding hydrogens is 171 g/mol. The first-order chi connectivity index (χ1) is 5.54. The Morgan fingerprint density at radius 1 is 1.42 bits per heavy atom. The van der Waals surface area contributed by atoms with Gasteiger partial charge in [-0.25, -0.2) is 0 Å². The van der Waals surface area contributed by atoms with Crippen LogP contribution in [0.3, 0.4) is 0 Å². The molecule has 1 unspecified atom stereocenters. The van der Waals surface area contributed by atoms with Gasteiger partial charge in [0.1, 0.15) is 6.04 Å². The molecule has 0 amide bonds. The SMILES string of the molecule is OCCC(NC1CC1)C(F)(F)F. The van der Waals surface area contributed by atoms with Gasteiger partial charge in [0.05, 0.1) is 0 Å². The second-order valence-corrected chi connectivity index (χ2v) is 3.05. The van der Waals surface area contributed by atoms with Gasteiger partial charge < -0.3 is 10.4 Å². The van der Waals surface area contributed by atoms with Crippen molar-refractivity contribution in [2.75, 3.05) is 6.61 Å². The van der Waals surface area contributed by atoms with Gasteiger partial charge in [-0.3, -0.25) is 0 Å². The van der Waals surface area contributed by atoms with Crippen LogP contribution >= 0.6 is 0 Å². The van der Waals surface area contributed by atoms with Gasteiger partial charge in [0, 0.05) is 12.6 Å². The number of alkyl halides is 3. The summed E-state index contributed by atoms with van der Waals surface area (Å²) in [6, 6.07) is -1.52. The fourth-order valence-corrected chi connectivity index (χ4v) is 1.01. The van der Waals surface area contributed by atoms with Gasteiger partial charge in [0.25, 0.3) is 0 Å². The molecule has 1 saturated carbocycles. The highest BCUT2D eigenvalue weighted by Gasteiger charge is 2.41. The first-order valence-corrected chi connectivity index (χ1v) is 3.97. The number of rotatable bonds is 4. The van der Waals surface area contributed by atoms with Crippen LogP contribution in [-0.2, 0) is 0 Å². The number of hydrogen-bond acceptors (Lipinski definition) is 2. The van der Waals surface area contributed by atoms with Gasteiger partial charge in [-0.2, -0.15) is 13.2 Å². The standard InChI is InChI=1S/C7H12F3NO/c8-7(9,10)6(3-4-12)11-5-1-2-5/h5-6,11-12H,1-4H2. The zero-order valence-electron chi connectivity index (χ0n) is 6.56. The van der Waals surface area contributed by atoms with Gasteiger partial charge in [-0.15, -0.1) is 0 Å². The molecule has 1 fully saturated rings. The van der Waals surface area contributed by atoms with E-state index >= 15 is 0 Å². The lowest BCUT2D eigenvalue weighted by atomic mass is 10.2. The Balaban J connectivity index is 2.35. The van der Waals surface area contributed by atoms with Crippen LogP contribution in [0.25, 0.3) is 0 Å². The maximum Gasteiger partial charge on any atom is 0.403 e. The summed E-state index contributed by atoms with van der Waals surface area (Å²) >= 11 is 0. The maximum absolute atomic E-state index is 12.1. The van der Waals surface area contributed by atoms with E-state index in [0.717, 1.165) is 12.8 Å². The van der Waals surface area contributed by atoms with Gasteiger partial charge in [0.2, 0.25) is 0 Å². The summed E-state index contributed by atoms with van der Waals surface area (Å²) in [4.78, 5) is 0. The molecule has 0 aromatic heterocycles. The maximum atomic E-state index is 12.1. The Hall–Kier alpha value is -0.290. The monoisotopic (exact) mass is 183 g/mol. The molecule has 0 aliphatic heterocycles. The predicted molar refractivity (Wildman–Crippen MR) is 37.7 cm³/mol. The van der Waals surface area contributed by atoms with E-state index in [0.29, 0.717) is 0 Å². The molecule has 0 aromatic carbocycles. The molecule has 1 aliphatic carbocycles. The van der Waals surface area contributed by atoms with Gasteiger partial charge in [-0.05, 0) is 19.3 Å². The Morgan fingerprint density at radius 2 is 2.00 bits per heavy atom. The highest BCUT2D eigenvalue weighted by atomic mass is 19.4. The van der Waals surface area contributed by atoms with Crippen LogP contribution in [0.15, 0.2) is 0 Å². The fourth-order valence-electron chi connectivity index (χ4n) is 1.01. The van der Waals surface area contributed by atoms with E-state index in [1.807, 2.05) is 0 Å². The number of halogens is 3. The van der Waals surface area contributed by atoms with Crippen molar-refractivity contribution < 1.29 is 18.3 Å². The van der Waals surface area contributed by atoms with Crippen LogP contribution in [0.5, 0.6) is 0 Å². The minimum atomic E-state index is -4.23. The van der Waals surface area contributed by atoms with E-state index in [-0.39, 0.29) is 12.5 Å². The summed E-state index contributed by atoms with van der Waals surface area (Å²) in [5.74, 6) is 0. The molecule has 0 spiro atoms.